The summed E-state index contributed by atoms with van der Waals surface area (Å²) in [6.07, 6.45) is -1.04. The molecule has 3 aromatic carbocycles. The van der Waals surface area contributed by atoms with Gasteiger partial charge in [0.1, 0.15) is 11.5 Å². The highest BCUT2D eigenvalue weighted by atomic mass is 35.5. The van der Waals surface area contributed by atoms with Gasteiger partial charge in [0.05, 0.1) is 23.7 Å². The average Bonchev–Trinajstić information content (AvgIpc) is 2.80. The maximum atomic E-state index is 13.4. The molecule has 0 radical (unpaired) electrons. The van der Waals surface area contributed by atoms with Crippen LogP contribution in [0.15, 0.2) is 77.7 Å². The van der Waals surface area contributed by atoms with E-state index in [9.17, 15) is 13.2 Å². The summed E-state index contributed by atoms with van der Waals surface area (Å²) >= 11 is 5.91. The second-order valence-electron chi connectivity index (χ2n) is 7.01. The highest BCUT2D eigenvalue weighted by Gasteiger charge is 2.37. The lowest BCUT2D eigenvalue weighted by Crippen LogP contribution is -2.48. The molecule has 1 aliphatic heterocycles. The van der Waals surface area contributed by atoms with Crippen LogP contribution in [0.4, 0.5) is 11.4 Å². The number of carbonyl (C=O) groups excluding carboxylic acids is 1. The Morgan fingerprint density at radius 1 is 1.09 bits per heavy atom. The minimum atomic E-state index is -3.95. The maximum absolute atomic E-state index is 13.4. The molecule has 0 bridgehead atoms. The second-order valence-corrected chi connectivity index (χ2v) is 9.31. The number of nitrogens with one attached hydrogen (secondary N) is 1. The van der Waals surface area contributed by atoms with Crippen molar-refractivity contribution in [1.29, 1.82) is 0 Å². The van der Waals surface area contributed by atoms with Gasteiger partial charge in [-0.3, -0.25) is 9.10 Å². The van der Waals surface area contributed by atoms with Gasteiger partial charge in [-0.2, -0.15) is 0 Å². The number of ether oxygens (including phenoxy) is 2. The predicted octanol–water partition coefficient (Wildman–Crippen LogP) is 4.33. The number of anilines is 2. The van der Waals surface area contributed by atoms with Crippen molar-refractivity contribution < 1.29 is 22.7 Å². The number of para-hydroxylation sites is 2. The van der Waals surface area contributed by atoms with Crippen molar-refractivity contribution in [2.75, 3.05) is 22.8 Å². The van der Waals surface area contributed by atoms with E-state index in [2.05, 4.69) is 5.32 Å². The fourth-order valence-electron chi connectivity index (χ4n) is 3.32. The largest absolute Gasteiger partial charge is 0.494 e. The molecule has 9 heteroatoms. The van der Waals surface area contributed by atoms with Crippen LogP contribution in [0.3, 0.4) is 0 Å². The van der Waals surface area contributed by atoms with E-state index in [-0.39, 0.29) is 11.4 Å². The Bertz CT molecular complexity index is 1210. The molecule has 0 spiro atoms. The van der Waals surface area contributed by atoms with E-state index in [1.54, 1.807) is 48.5 Å². The Balaban J connectivity index is 1.60. The molecule has 0 aromatic heterocycles. The summed E-state index contributed by atoms with van der Waals surface area (Å²) in [7, 11) is -3.95. The number of carbonyl (C=O) groups is 1. The predicted molar refractivity (Wildman–Crippen MR) is 123 cm³/mol. The molecule has 3 aromatic rings. The summed E-state index contributed by atoms with van der Waals surface area (Å²) in [5, 5.41) is 3.20. The number of hydrogen-bond donors (Lipinski definition) is 1. The molecule has 4 rings (SSSR count). The van der Waals surface area contributed by atoms with Crippen molar-refractivity contribution in [2.45, 2.75) is 17.9 Å². The summed E-state index contributed by atoms with van der Waals surface area (Å²) in [6, 6.07) is 19.5. The number of amides is 1. The van der Waals surface area contributed by atoms with E-state index < -0.39 is 22.0 Å². The molecule has 1 amide bonds. The Morgan fingerprint density at radius 2 is 1.78 bits per heavy atom. The number of benzene rings is 3. The van der Waals surface area contributed by atoms with Gasteiger partial charge in [0, 0.05) is 10.7 Å². The third-order valence-corrected chi connectivity index (χ3v) is 6.91. The van der Waals surface area contributed by atoms with Crippen molar-refractivity contribution in [3.05, 3.63) is 77.8 Å². The fraction of sp³-hybridized carbons (Fsp3) is 0.174. The minimum Gasteiger partial charge on any atom is -0.494 e. The van der Waals surface area contributed by atoms with E-state index in [0.717, 1.165) is 0 Å². The normalized spacial score (nSPS) is 15.4. The highest BCUT2D eigenvalue weighted by molar-refractivity contribution is 7.92. The third kappa shape index (κ3) is 4.51. The van der Waals surface area contributed by atoms with Crippen molar-refractivity contribution >= 4 is 38.9 Å². The molecule has 32 heavy (non-hydrogen) atoms. The summed E-state index contributed by atoms with van der Waals surface area (Å²) < 4.78 is 39.2. The number of rotatable bonds is 6. The van der Waals surface area contributed by atoms with E-state index in [4.69, 9.17) is 21.1 Å². The lowest BCUT2D eigenvalue weighted by Gasteiger charge is -2.34. The Kier molecular flexibility index (Phi) is 6.25. The summed E-state index contributed by atoms with van der Waals surface area (Å²) in [6.45, 7) is 2.25. The lowest BCUT2D eigenvalue weighted by molar-refractivity contribution is -0.122. The van der Waals surface area contributed by atoms with Crippen LogP contribution in [0.25, 0.3) is 0 Å². The van der Waals surface area contributed by atoms with Crippen LogP contribution in [-0.2, 0) is 14.8 Å². The van der Waals surface area contributed by atoms with E-state index in [1.807, 2.05) is 6.92 Å². The molecule has 0 aliphatic carbocycles. The van der Waals surface area contributed by atoms with Gasteiger partial charge < -0.3 is 14.8 Å². The van der Waals surface area contributed by atoms with Crippen molar-refractivity contribution in [3.63, 3.8) is 0 Å². The Hall–Kier alpha value is -3.23. The Morgan fingerprint density at radius 3 is 2.47 bits per heavy atom. The molecule has 1 N–H and O–H groups in total. The zero-order chi connectivity index (χ0) is 22.7. The number of fused-ring (bicyclic) bond motifs is 1. The number of hydrogen-bond acceptors (Lipinski definition) is 5. The fourth-order valence-corrected chi connectivity index (χ4v) is 4.93. The van der Waals surface area contributed by atoms with Gasteiger partial charge in [0.15, 0.2) is 6.10 Å². The molecule has 0 saturated heterocycles. The van der Waals surface area contributed by atoms with E-state index in [1.165, 1.54) is 28.6 Å². The first-order valence-electron chi connectivity index (χ1n) is 9.96. The second kappa shape index (κ2) is 9.10. The van der Waals surface area contributed by atoms with Crippen molar-refractivity contribution in [3.8, 4) is 11.5 Å². The molecule has 7 nitrogen and oxygen atoms in total. The first-order valence-corrected chi connectivity index (χ1v) is 11.8. The van der Waals surface area contributed by atoms with Gasteiger partial charge in [-0.25, -0.2) is 8.42 Å². The van der Waals surface area contributed by atoms with Crippen molar-refractivity contribution in [2.24, 2.45) is 0 Å². The lowest BCUT2D eigenvalue weighted by atomic mass is 10.2. The third-order valence-electron chi connectivity index (χ3n) is 4.86. The van der Waals surface area contributed by atoms with Gasteiger partial charge in [-0.15, -0.1) is 0 Å². The molecule has 0 saturated carbocycles. The standard InChI is InChI=1S/C23H21ClN2O5S/c1-2-30-18-11-9-17(10-12-18)25-23(27)22-15-26(20-5-3-4-6-21(20)31-22)32(28,29)19-13-7-16(24)8-14-19/h3-14,22H,2,15H2,1H3,(H,25,27). The van der Waals surface area contributed by atoms with Crippen LogP contribution in [0, 0.1) is 0 Å². The number of sulfonamides is 1. The molecule has 1 atom stereocenters. The summed E-state index contributed by atoms with van der Waals surface area (Å²) in [5.74, 6) is 0.539. The zero-order valence-electron chi connectivity index (χ0n) is 17.2. The Labute approximate surface area is 191 Å². The molecular formula is C23H21ClN2O5S. The molecule has 166 valence electrons. The van der Waals surface area contributed by atoms with Gasteiger partial charge in [-0.05, 0) is 67.6 Å². The quantitative estimate of drug-likeness (QED) is 0.577. The van der Waals surface area contributed by atoms with E-state index in [0.29, 0.717) is 34.5 Å². The topological polar surface area (TPSA) is 84.9 Å². The van der Waals surface area contributed by atoms with Crippen LogP contribution in [-0.4, -0.2) is 33.6 Å². The van der Waals surface area contributed by atoms with Crippen LogP contribution in [0.5, 0.6) is 11.5 Å². The van der Waals surface area contributed by atoms with E-state index >= 15 is 0 Å². The van der Waals surface area contributed by atoms with Gasteiger partial charge in [0.2, 0.25) is 0 Å². The van der Waals surface area contributed by atoms with Gasteiger partial charge >= 0.3 is 0 Å². The van der Waals surface area contributed by atoms with Crippen LogP contribution in [0.1, 0.15) is 6.92 Å². The first-order chi connectivity index (χ1) is 15.4. The van der Waals surface area contributed by atoms with Crippen LogP contribution < -0.4 is 19.1 Å². The van der Waals surface area contributed by atoms with Crippen LogP contribution in [0.2, 0.25) is 5.02 Å². The van der Waals surface area contributed by atoms with Crippen molar-refractivity contribution in [1.82, 2.24) is 0 Å². The molecule has 1 aliphatic rings. The molecule has 1 heterocycles. The monoisotopic (exact) mass is 472 g/mol. The number of halogens is 1. The summed E-state index contributed by atoms with van der Waals surface area (Å²) in [4.78, 5) is 13.0. The molecule has 1 unspecified atom stereocenters. The highest BCUT2D eigenvalue weighted by Crippen LogP contribution is 2.37. The number of nitrogens with zero attached hydrogens (tertiary/aromatic N) is 1. The van der Waals surface area contributed by atoms with Crippen LogP contribution >= 0.6 is 11.6 Å². The van der Waals surface area contributed by atoms with Gasteiger partial charge in [0.25, 0.3) is 15.9 Å². The SMILES string of the molecule is CCOc1ccc(NC(=O)C2CN(S(=O)(=O)c3ccc(Cl)cc3)c3ccccc3O2)cc1. The molecular weight excluding hydrogens is 452 g/mol. The average molecular weight is 473 g/mol. The minimum absolute atomic E-state index is 0.0734. The maximum Gasteiger partial charge on any atom is 0.267 e. The zero-order valence-corrected chi connectivity index (χ0v) is 18.8. The molecule has 0 fully saturated rings. The smallest absolute Gasteiger partial charge is 0.267 e. The van der Waals surface area contributed by atoms with Gasteiger partial charge in [-0.1, -0.05) is 23.7 Å². The first kappa shape index (κ1) is 22.0. The summed E-state index contributed by atoms with van der Waals surface area (Å²) in [5.41, 5.74) is 0.917.